The zero-order valence-electron chi connectivity index (χ0n) is 11.0. The van der Waals surface area contributed by atoms with Crippen molar-refractivity contribution in [3.8, 4) is 0 Å². The predicted octanol–water partition coefficient (Wildman–Crippen LogP) is 1.88. The van der Waals surface area contributed by atoms with Crippen LogP contribution in [0.2, 0.25) is 0 Å². The molecule has 4 N–H and O–H groups in total. The minimum Gasteiger partial charge on any atom is -0.396 e. The summed E-state index contributed by atoms with van der Waals surface area (Å²) < 4.78 is 26.8. The highest BCUT2D eigenvalue weighted by molar-refractivity contribution is 5.94. The summed E-state index contributed by atoms with van der Waals surface area (Å²) in [5, 5.41) is 12.0. The molecular formula is C13H18F2N2O2. The third kappa shape index (κ3) is 3.64. The highest BCUT2D eigenvalue weighted by atomic mass is 19.1. The van der Waals surface area contributed by atoms with Crippen LogP contribution in [0.1, 0.15) is 30.6 Å². The molecule has 19 heavy (non-hydrogen) atoms. The van der Waals surface area contributed by atoms with Crippen LogP contribution in [0, 0.1) is 17.0 Å². The summed E-state index contributed by atoms with van der Waals surface area (Å²) >= 11 is 0. The zero-order chi connectivity index (χ0) is 14.6. The Morgan fingerprint density at radius 3 is 2.53 bits per heavy atom. The van der Waals surface area contributed by atoms with Crippen molar-refractivity contribution in [3.63, 3.8) is 0 Å². The van der Waals surface area contributed by atoms with Crippen molar-refractivity contribution in [1.82, 2.24) is 0 Å². The standard InChI is InChI=1S/C13H18F2N2O2/c1-3-13(2,7-18)6-17-11-4-8(12(16)19)9(14)5-10(11)15/h4-5,17-18H,3,6-7H2,1-2H3,(H2,16,19). The van der Waals surface area contributed by atoms with Gasteiger partial charge in [-0.05, 0) is 12.5 Å². The molecule has 4 nitrogen and oxygen atoms in total. The van der Waals surface area contributed by atoms with Gasteiger partial charge in [0, 0.05) is 18.0 Å². The smallest absolute Gasteiger partial charge is 0.251 e. The zero-order valence-corrected chi connectivity index (χ0v) is 11.0. The normalized spacial score (nSPS) is 13.9. The van der Waals surface area contributed by atoms with Crippen molar-refractivity contribution in [3.05, 3.63) is 29.3 Å². The molecule has 0 aliphatic heterocycles. The van der Waals surface area contributed by atoms with Gasteiger partial charge in [0.05, 0.1) is 17.9 Å². The molecule has 6 heteroatoms. The Bertz CT molecular complexity index is 474. The average Bonchev–Trinajstić information content (AvgIpc) is 2.37. The van der Waals surface area contributed by atoms with Crippen LogP contribution in [-0.2, 0) is 0 Å². The molecule has 0 saturated carbocycles. The number of hydrogen-bond acceptors (Lipinski definition) is 3. The van der Waals surface area contributed by atoms with E-state index < -0.39 is 23.0 Å². The van der Waals surface area contributed by atoms with Crippen LogP contribution in [0.3, 0.4) is 0 Å². The van der Waals surface area contributed by atoms with Gasteiger partial charge < -0.3 is 16.2 Å². The van der Waals surface area contributed by atoms with Gasteiger partial charge in [0.2, 0.25) is 0 Å². The van der Waals surface area contributed by atoms with E-state index in [1.54, 1.807) is 0 Å². The summed E-state index contributed by atoms with van der Waals surface area (Å²) in [5.74, 6) is -2.75. The van der Waals surface area contributed by atoms with Crippen molar-refractivity contribution in [2.75, 3.05) is 18.5 Å². The predicted molar refractivity (Wildman–Crippen MR) is 68.8 cm³/mol. The number of nitrogens with one attached hydrogen (secondary N) is 1. The molecule has 1 atom stereocenters. The van der Waals surface area contributed by atoms with E-state index in [9.17, 15) is 18.7 Å². The highest BCUT2D eigenvalue weighted by Gasteiger charge is 2.22. The SMILES string of the molecule is CCC(C)(CO)CNc1cc(C(N)=O)c(F)cc1F. The second kappa shape index (κ2) is 5.97. The van der Waals surface area contributed by atoms with Gasteiger partial charge in [-0.25, -0.2) is 8.78 Å². The number of amides is 1. The molecular weight excluding hydrogens is 254 g/mol. The van der Waals surface area contributed by atoms with Gasteiger partial charge >= 0.3 is 0 Å². The molecule has 1 unspecified atom stereocenters. The monoisotopic (exact) mass is 272 g/mol. The summed E-state index contributed by atoms with van der Waals surface area (Å²) in [4.78, 5) is 11.0. The Kier molecular flexibility index (Phi) is 4.83. The molecule has 1 aromatic rings. The molecule has 0 aliphatic carbocycles. The summed E-state index contributed by atoms with van der Waals surface area (Å²) in [6.45, 7) is 3.95. The Morgan fingerprint density at radius 2 is 2.05 bits per heavy atom. The number of anilines is 1. The van der Waals surface area contributed by atoms with E-state index in [1.807, 2.05) is 13.8 Å². The van der Waals surface area contributed by atoms with Crippen LogP contribution < -0.4 is 11.1 Å². The fourth-order valence-corrected chi connectivity index (χ4v) is 1.47. The molecule has 0 bridgehead atoms. The van der Waals surface area contributed by atoms with Crippen LogP contribution in [-0.4, -0.2) is 24.2 Å². The topological polar surface area (TPSA) is 75.3 Å². The second-order valence-electron chi connectivity index (χ2n) is 4.85. The number of aliphatic hydroxyl groups excluding tert-OH is 1. The van der Waals surface area contributed by atoms with Gasteiger partial charge in [-0.15, -0.1) is 0 Å². The van der Waals surface area contributed by atoms with E-state index in [2.05, 4.69) is 5.32 Å². The molecule has 0 aliphatic rings. The third-order valence-corrected chi connectivity index (χ3v) is 3.26. The third-order valence-electron chi connectivity index (χ3n) is 3.26. The highest BCUT2D eigenvalue weighted by Crippen LogP contribution is 2.24. The number of carbonyl (C=O) groups is 1. The van der Waals surface area contributed by atoms with Gasteiger partial charge in [0.25, 0.3) is 5.91 Å². The first-order chi connectivity index (χ1) is 8.83. The van der Waals surface area contributed by atoms with Gasteiger partial charge in [-0.3, -0.25) is 4.79 Å². The van der Waals surface area contributed by atoms with E-state index >= 15 is 0 Å². The van der Waals surface area contributed by atoms with E-state index in [0.29, 0.717) is 19.0 Å². The molecule has 1 amide bonds. The van der Waals surface area contributed by atoms with Crippen LogP contribution in [0.4, 0.5) is 14.5 Å². The molecule has 0 fully saturated rings. The first kappa shape index (κ1) is 15.4. The Morgan fingerprint density at radius 1 is 1.42 bits per heavy atom. The van der Waals surface area contributed by atoms with E-state index in [0.717, 1.165) is 6.07 Å². The fraction of sp³-hybridized carbons (Fsp3) is 0.462. The first-order valence-electron chi connectivity index (χ1n) is 5.96. The van der Waals surface area contributed by atoms with Crippen molar-refractivity contribution in [1.29, 1.82) is 0 Å². The lowest BCUT2D eigenvalue weighted by Gasteiger charge is -2.26. The molecule has 106 valence electrons. The Labute approximate surface area is 110 Å². The number of primary amides is 1. The largest absolute Gasteiger partial charge is 0.396 e. The van der Waals surface area contributed by atoms with Gasteiger partial charge in [0.15, 0.2) is 0 Å². The lowest BCUT2D eigenvalue weighted by molar-refractivity contribution is 0.0996. The summed E-state index contributed by atoms with van der Waals surface area (Å²) in [6, 6.07) is 1.66. The van der Waals surface area contributed by atoms with Crippen molar-refractivity contribution in [2.24, 2.45) is 11.1 Å². The summed E-state index contributed by atoms with van der Waals surface area (Å²) in [6.07, 6.45) is 0.683. The number of halogens is 2. The molecule has 0 aromatic heterocycles. The van der Waals surface area contributed by atoms with E-state index in [-0.39, 0.29) is 17.9 Å². The number of benzene rings is 1. The molecule has 1 rings (SSSR count). The fourth-order valence-electron chi connectivity index (χ4n) is 1.47. The lowest BCUT2D eigenvalue weighted by atomic mass is 9.88. The summed E-state index contributed by atoms with van der Waals surface area (Å²) in [5.41, 5.74) is 4.20. The molecule has 0 heterocycles. The van der Waals surface area contributed by atoms with Crippen LogP contribution in [0.5, 0.6) is 0 Å². The number of carbonyl (C=O) groups excluding carboxylic acids is 1. The number of hydrogen-bond donors (Lipinski definition) is 3. The quantitative estimate of drug-likeness (QED) is 0.740. The molecule has 0 spiro atoms. The molecule has 0 saturated heterocycles. The lowest BCUT2D eigenvalue weighted by Crippen LogP contribution is -2.30. The second-order valence-corrected chi connectivity index (χ2v) is 4.85. The minimum atomic E-state index is -0.990. The number of rotatable bonds is 6. The average molecular weight is 272 g/mol. The Hall–Kier alpha value is -1.69. The summed E-state index contributed by atoms with van der Waals surface area (Å²) in [7, 11) is 0. The van der Waals surface area contributed by atoms with Crippen molar-refractivity contribution in [2.45, 2.75) is 20.3 Å². The van der Waals surface area contributed by atoms with Crippen LogP contribution in [0.15, 0.2) is 12.1 Å². The van der Waals surface area contributed by atoms with Gasteiger partial charge in [0.1, 0.15) is 11.6 Å². The first-order valence-corrected chi connectivity index (χ1v) is 5.96. The number of nitrogens with two attached hydrogens (primary N) is 1. The van der Waals surface area contributed by atoms with E-state index in [1.165, 1.54) is 0 Å². The van der Waals surface area contributed by atoms with Crippen LogP contribution >= 0.6 is 0 Å². The molecule has 1 aromatic carbocycles. The number of aliphatic hydroxyl groups is 1. The molecule has 0 radical (unpaired) electrons. The minimum absolute atomic E-state index is 0.0108. The maximum absolute atomic E-state index is 13.6. The maximum Gasteiger partial charge on any atom is 0.251 e. The van der Waals surface area contributed by atoms with Crippen molar-refractivity contribution < 1.29 is 18.7 Å². The Balaban J connectivity index is 2.96. The van der Waals surface area contributed by atoms with Crippen LogP contribution in [0.25, 0.3) is 0 Å². The maximum atomic E-state index is 13.6. The van der Waals surface area contributed by atoms with Gasteiger partial charge in [-0.1, -0.05) is 13.8 Å². The van der Waals surface area contributed by atoms with Gasteiger partial charge in [-0.2, -0.15) is 0 Å². The van der Waals surface area contributed by atoms with Crippen molar-refractivity contribution >= 4 is 11.6 Å². The van der Waals surface area contributed by atoms with E-state index in [4.69, 9.17) is 5.73 Å².